The van der Waals surface area contributed by atoms with Crippen molar-refractivity contribution in [3.05, 3.63) is 56.9 Å². The van der Waals surface area contributed by atoms with E-state index in [0.717, 1.165) is 17.0 Å². The summed E-state index contributed by atoms with van der Waals surface area (Å²) in [6.07, 6.45) is -1.14. The van der Waals surface area contributed by atoms with Crippen molar-refractivity contribution in [3.63, 3.8) is 0 Å². The molecule has 1 unspecified atom stereocenters. The maximum absolute atomic E-state index is 13.8. The number of cyclic esters (lactones) is 1. The van der Waals surface area contributed by atoms with E-state index in [2.05, 4.69) is 19.6 Å². The maximum atomic E-state index is 13.8. The van der Waals surface area contributed by atoms with Gasteiger partial charge in [0.1, 0.15) is 12.4 Å². The van der Waals surface area contributed by atoms with Gasteiger partial charge < -0.3 is 29.3 Å². The van der Waals surface area contributed by atoms with E-state index in [0.29, 0.717) is 60.9 Å². The van der Waals surface area contributed by atoms with Crippen molar-refractivity contribution >= 4 is 31.0 Å². The second-order valence-electron chi connectivity index (χ2n) is 12.3. The molecule has 0 aliphatic carbocycles. The molecule has 3 aromatic rings. The number of rotatable bonds is 5. The van der Waals surface area contributed by atoms with Gasteiger partial charge in [0.25, 0.3) is 5.56 Å². The number of ether oxygens (including phenoxy) is 3. The lowest BCUT2D eigenvalue weighted by Gasteiger charge is -2.31. The van der Waals surface area contributed by atoms with Crippen LogP contribution in [0.25, 0.3) is 22.3 Å². The Bertz CT molecular complexity index is 1670. The Morgan fingerprint density at radius 3 is 2.62 bits per heavy atom. The third kappa shape index (κ3) is 4.62. The van der Waals surface area contributed by atoms with Gasteiger partial charge >= 0.3 is 12.1 Å². The zero-order valence-electron chi connectivity index (χ0n) is 24.2. The lowest BCUT2D eigenvalue weighted by atomic mass is 9.86. The van der Waals surface area contributed by atoms with Crippen LogP contribution in [0.5, 0.6) is 5.75 Å². The van der Waals surface area contributed by atoms with Crippen LogP contribution in [0.1, 0.15) is 41.8 Å². The Morgan fingerprint density at radius 1 is 1.19 bits per heavy atom. The Morgan fingerprint density at radius 2 is 1.93 bits per heavy atom. The van der Waals surface area contributed by atoms with Crippen molar-refractivity contribution in [2.24, 2.45) is 0 Å². The highest BCUT2D eigenvalue weighted by atomic mass is 28.3. The number of aliphatic hydroxyl groups excluding tert-OH is 1. The number of aryl methyl sites for hydroxylation is 1. The summed E-state index contributed by atoms with van der Waals surface area (Å²) in [6, 6.07) is 7.71. The Labute approximate surface area is 243 Å². The first kappa shape index (κ1) is 28.5. The van der Waals surface area contributed by atoms with Gasteiger partial charge in [-0.3, -0.25) is 9.36 Å². The van der Waals surface area contributed by atoms with E-state index in [1.54, 1.807) is 36.1 Å². The number of hydrogen-bond donors (Lipinski definition) is 2. The molecule has 1 amide bonds. The third-order valence-corrected chi connectivity index (χ3v) is 10.2. The molecule has 0 spiro atoms. The van der Waals surface area contributed by atoms with E-state index in [1.807, 2.05) is 0 Å². The number of nitrogens with zero attached hydrogens (tertiary/aromatic N) is 3. The van der Waals surface area contributed by atoms with Gasteiger partial charge in [-0.25, -0.2) is 14.6 Å². The van der Waals surface area contributed by atoms with Crippen LogP contribution in [0.2, 0.25) is 25.7 Å². The Balaban J connectivity index is 1.51. The monoisotopic (exact) mass is 593 g/mol. The average Bonchev–Trinajstić information content (AvgIpc) is 3.24. The number of morpholine rings is 1. The quantitative estimate of drug-likeness (QED) is 0.337. The number of hydrogen-bond acceptors (Lipinski definition) is 9. The summed E-state index contributed by atoms with van der Waals surface area (Å²) >= 11 is 0. The van der Waals surface area contributed by atoms with Crippen LogP contribution in [0.3, 0.4) is 0 Å². The van der Waals surface area contributed by atoms with E-state index < -0.39 is 37.5 Å². The summed E-state index contributed by atoms with van der Waals surface area (Å²) in [6.45, 7) is 9.98. The van der Waals surface area contributed by atoms with E-state index in [9.17, 15) is 24.6 Å². The molecule has 1 saturated heterocycles. The van der Waals surface area contributed by atoms with Gasteiger partial charge in [-0.05, 0) is 42.7 Å². The summed E-state index contributed by atoms with van der Waals surface area (Å²) in [4.78, 5) is 45.6. The van der Waals surface area contributed by atoms with Crippen LogP contribution >= 0.6 is 0 Å². The first-order chi connectivity index (χ1) is 19.9. The highest BCUT2D eigenvalue weighted by Crippen LogP contribution is 2.44. The molecule has 0 saturated carbocycles. The van der Waals surface area contributed by atoms with Crippen molar-refractivity contribution in [2.75, 3.05) is 26.3 Å². The minimum absolute atomic E-state index is 0.0235. The zero-order chi connectivity index (χ0) is 30.0. The average molecular weight is 594 g/mol. The van der Waals surface area contributed by atoms with Crippen molar-refractivity contribution in [1.82, 2.24) is 14.5 Å². The molecule has 11 nitrogen and oxygen atoms in total. The lowest BCUT2D eigenvalue weighted by Crippen LogP contribution is -2.44. The molecule has 2 atom stereocenters. The largest absolute Gasteiger partial charge is 0.458 e. The number of carbonyl (C=O) groups excluding carboxylic acids is 2. The van der Waals surface area contributed by atoms with Crippen LogP contribution in [-0.2, 0) is 32.9 Å². The van der Waals surface area contributed by atoms with Crippen LogP contribution in [0.15, 0.2) is 29.1 Å². The molecule has 3 aliphatic rings. The highest BCUT2D eigenvalue weighted by Gasteiger charge is 2.46. The Kier molecular flexibility index (Phi) is 7.00. The molecule has 1 aromatic carbocycles. The van der Waals surface area contributed by atoms with Crippen LogP contribution in [0, 0.1) is 0 Å². The standard InChI is InChI=1S/C30H35N3O8Si/c1-5-30(38)21-15-23-25-24(27(35)33(23)26(34)20(21)16-40-28(30)36)18(8-13-42(2,3)4)19-14-17(6-7-22(19)31-25)41-29(37)32-9-11-39-12-10-32/h6-7,14-15,27,35,38H,5,8-13,16H2,1-4H3/t27?,30-/m0/s1. The van der Waals surface area contributed by atoms with E-state index in [1.165, 1.54) is 4.57 Å². The fourth-order valence-corrected chi connectivity index (χ4v) is 6.97. The van der Waals surface area contributed by atoms with Crippen molar-refractivity contribution in [2.45, 2.75) is 63.9 Å². The lowest BCUT2D eigenvalue weighted by molar-refractivity contribution is -0.172. The molecular formula is C30H35N3O8Si. The molecule has 5 heterocycles. The summed E-state index contributed by atoms with van der Waals surface area (Å²) < 4.78 is 17.5. The second-order valence-corrected chi connectivity index (χ2v) is 17.9. The number of carbonyl (C=O) groups is 2. The van der Waals surface area contributed by atoms with Gasteiger partial charge in [-0.15, -0.1) is 0 Å². The molecule has 1 fully saturated rings. The minimum atomic E-state index is -1.97. The molecule has 6 rings (SSSR count). The first-order valence-corrected chi connectivity index (χ1v) is 18.0. The van der Waals surface area contributed by atoms with Crippen molar-refractivity contribution in [3.8, 4) is 17.1 Å². The second kappa shape index (κ2) is 10.3. The number of benzene rings is 1. The van der Waals surface area contributed by atoms with Gasteiger partial charge in [0.2, 0.25) is 0 Å². The van der Waals surface area contributed by atoms with E-state index in [-0.39, 0.29) is 24.2 Å². The third-order valence-electron chi connectivity index (χ3n) is 8.44. The summed E-state index contributed by atoms with van der Waals surface area (Å²) in [5, 5.41) is 23.6. The summed E-state index contributed by atoms with van der Waals surface area (Å²) in [7, 11) is -1.55. The normalized spacial score (nSPS) is 21.5. The highest BCUT2D eigenvalue weighted by molar-refractivity contribution is 6.76. The minimum Gasteiger partial charge on any atom is -0.458 e. The van der Waals surface area contributed by atoms with Gasteiger partial charge in [0.15, 0.2) is 11.8 Å². The van der Waals surface area contributed by atoms with Gasteiger partial charge in [0.05, 0.1) is 35.7 Å². The molecule has 2 N–H and O–H groups in total. The SMILES string of the molecule is CC[C@@]1(O)C(=O)OCc2c1cc1n(c2=O)C(O)c2c-1nc1ccc(OC(=O)N3CCOCC3)cc1c2CC[Si](C)(C)C. The van der Waals surface area contributed by atoms with Crippen molar-refractivity contribution < 1.29 is 34.0 Å². The molecule has 42 heavy (non-hydrogen) atoms. The maximum Gasteiger partial charge on any atom is 0.415 e. The van der Waals surface area contributed by atoms with Gasteiger partial charge in [0, 0.05) is 37.7 Å². The zero-order valence-corrected chi connectivity index (χ0v) is 25.2. The van der Waals surface area contributed by atoms with Crippen LogP contribution in [0.4, 0.5) is 4.79 Å². The number of amides is 1. The molecule has 0 radical (unpaired) electrons. The van der Waals surface area contributed by atoms with Gasteiger partial charge in [-0.2, -0.15) is 0 Å². The fourth-order valence-electron chi connectivity index (χ4n) is 5.97. The van der Waals surface area contributed by atoms with E-state index >= 15 is 0 Å². The van der Waals surface area contributed by atoms with Crippen molar-refractivity contribution in [1.29, 1.82) is 0 Å². The number of aliphatic hydroxyl groups is 2. The number of fused-ring (bicyclic) bond motifs is 5. The van der Waals surface area contributed by atoms with Gasteiger partial charge in [-0.1, -0.05) is 32.6 Å². The molecule has 12 heteroatoms. The van der Waals surface area contributed by atoms with Crippen LogP contribution < -0.4 is 10.3 Å². The topological polar surface area (TPSA) is 140 Å². The number of pyridine rings is 2. The number of esters is 1. The molecule has 222 valence electrons. The Hall–Kier alpha value is -3.58. The van der Waals surface area contributed by atoms with Crippen LogP contribution in [-0.4, -0.2) is 71.1 Å². The molecular weight excluding hydrogens is 558 g/mol. The molecule has 0 bridgehead atoms. The van der Waals surface area contributed by atoms with E-state index in [4.69, 9.17) is 19.2 Å². The molecule has 3 aliphatic heterocycles. The fraction of sp³-hybridized carbons (Fsp3) is 0.467. The number of aromatic nitrogens is 2. The summed E-state index contributed by atoms with van der Waals surface area (Å²) in [5.41, 5.74) is 0.533. The predicted molar refractivity (Wildman–Crippen MR) is 156 cm³/mol. The summed E-state index contributed by atoms with van der Waals surface area (Å²) in [5.74, 6) is -0.446. The first-order valence-electron chi connectivity index (χ1n) is 14.3. The molecule has 2 aromatic heterocycles. The smallest absolute Gasteiger partial charge is 0.415 e. The predicted octanol–water partition coefficient (Wildman–Crippen LogP) is 3.28.